The van der Waals surface area contributed by atoms with Crippen LogP contribution in [-0.4, -0.2) is 22.0 Å². The average molecular weight is 520 g/mol. The van der Waals surface area contributed by atoms with E-state index in [1.807, 2.05) is 6.07 Å². The number of para-hydroxylation sites is 1. The molecule has 1 aromatic carbocycles. The molecule has 210 valence electrons. The van der Waals surface area contributed by atoms with Gasteiger partial charge in [-0.3, -0.25) is 10.3 Å². The number of aliphatic hydroxyl groups excluding tert-OH is 1. The van der Waals surface area contributed by atoms with Gasteiger partial charge in [0.25, 0.3) is 0 Å². The maximum Gasteiger partial charge on any atom is 0.0737 e. The molecular weight excluding hydrogens is 466 g/mol. The van der Waals surface area contributed by atoms with Crippen LogP contribution in [0, 0.1) is 44.8 Å². The largest absolute Gasteiger partial charge is 0.393 e. The van der Waals surface area contributed by atoms with E-state index in [1.54, 1.807) is 10.6 Å². The van der Waals surface area contributed by atoms with Crippen molar-refractivity contribution in [3.8, 4) is 0 Å². The topological polar surface area (TPSA) is 43.7 Å². The Balaban J connectivity index is 1.44. The molecule has 0 saturated heterocycles. The molecule has 0 spiro atoms. The highest BCUT2D eigenvalue weighted by molar-refractivity contribution is 5.49. The summed E-state index contributed by atoms with van der Waals surface area (Å²) >= 11 is 0. The van der Waals surface area contributed by atoms with Gasteiger partial charge >= 0.3 is 0 Å². The molecule has 6 rings (SSSR count). The second-order valence-corrected chi connectivity index (χ2v) is 16.3. The molecule has 0 unspecified atom stereocenters. The maximum atomic E-state index is 11.9. The molecule has 8 atom stereocenters. The predicted octanol–water partition coefficient (Wildman–Crippen LogP) is 8.80. The van der Waals surface area contributed by atoms with Crippen LogP contribution < -0.4 is 5.06 Å². The van der Waals surface area contributed by atoms with Gasteiger partial charge in [-0.25, -0.2) is 0 Å². The van der Waals surface area contributed by atoms with Crippen LogP contribution in [-0.2, 0) is 0 Å². The van der Waals surface area contributed by atoms with E-state index in [0.717, 1.165) is 57.1 Å². The first-order valence-corrected chi connectivity index (χ1v) is 15.6. The van der Waals surface area contributed by atoms with E-state index in [-0.39, 0.29) is 38.7 Å². The molecule has 1 aromatic rings. The molecule has 2 N–H and O–H groups in total. The highest BCUT2D eigenvalue weighted by Crippen LogP contribution is 2.75. The molecule has 3 nitrogen and oxygen atoms in total. The van der Waals surface area contributed by atoms with Gasteiger partial charge in [-0.05, 0) is 115 Å². The van der Waals surface area contributed by atoms with E-state index < -0.39 is 0 Å². The normalized spacial score (nSPS) is 47.0. The van der Waals surface area contributed by atoms with Crippen LogP contribution in [0.4, 0.5) is 5.69 Å². The Morgan fingerprint density at radius 2 is 1.47 bits per heavy atom. The number of aliphatic hydroxyl groups is 1. The molecule has 0 heterocycles. The Hall–Kier alpha value is -1.32. The number of nitrogens with zero attached hydrogens (tertiary/aromatic N) is 1. The molecule has 3 heteroatoms. The van der Waals surface area contributed by atoms with Gasteiger partial charge in [0.1, 0.15) is 0 Å². The average Bonchev–Trinajstić information content (AvgIpc) is 2.87. The molecule has 0 radical (unpaired) electrons. The Labute approximate surface area is 232 Å². The number of hydrogen-bond donors (Lipinski definition) is 2. The second-order valence-electron chi connectivity index (χ2n) is 16.3. The highest BCUT2D eigenvalue weighted by Gasteiger charge is 2.69. The van der Waals surface area contributed by atoms with Crippen LogP contribution in [0.3, 0.4) is 0 Å². The number of fused-ring (bicyclic) bond motifs is 7. The number of benzene rings is 1. The van der Waals surface area contributed by atoms with E-state index >= 15 is 0 Å². The van der Waals surface area contributed by atoms with Crippen molar-refractivity contribution in [1.29, 1.82) is 0 Å². The van der Waals surface area contributed by atoms with Gasteiger partial charge in [0.15, 0.2) is 0 Å². The molecule has 4 saturated carbocycles. The third kappa shape index (κ3) is 3.39. The lowest BCUT2D eigenvalue weighted by Crippen LogP contribution is -2.67. The second kappa shape index (κ2) is 8.35. The van der Waals surface area contributed by atoms with Gasteiger partial charge in [-0.15, -0.1) is 0 Å². The lowest BCUT2D eigenvalue weighted by Gasteiger charge is -2.71. The SMILES string of the molecule is CC1(C)CC[C@]2(N(O)c3ccccc3)CC[C@]3(C)C(=CC[C@@H]4[C@@]5(C)CC[C@H](O)C(C)(C)[C@@H]5CC[C@]43C)[C@@H]2C1. The summed E-state index contributed by atoms with van der Waals surface area (Å²) in [6, 6.07) is 10.3. The van der Waals surface area contributed by atoms with Crippen LogP contribution in [0.25, 0.3) is 0 Å². The molecule has 0 bridgehead atoms. The first-order valence-electron chi connectivity index (χ1n) is 15.6. The third-order valence-corrected chi connectivity index (χ3v) is 14.0. The zero-order valence-corrected chi connectivity index (χ0v) is 25.2. The zero-order chi connectivity index (χ0) is 27.4. The zero-order valence-electron chi connectivity index (χ0n) is 25.2. The van der Waals surface area contributed by atoms with Crippen molar-refractivity contribution in [2.24, 2.45) is 44.8 Å². The van der Waals surface area contributed by atoms with Crippen LogP contribution in [0.5, 0.6) is 0 Å². The summed E-state index contributed by atoms with van der Waals surface area (Å²) in [6.07, 6.45) is 13.8. The number of hydrogen-bond acceptors (Lipinski definition) is 3. The minimum atomic E-state index is -0.219. The molecule has 5 aliphatic carbocycles. The standard InChI is InChI=1S/C35H53NO2/c1-30(2)19-21-35(36(38)24-11-9-8-10-12-24)22-20-33(6)25(26(35)23-30)13-14-28-32(5)17-16-29(37)31(3,4)27(32)15-18-34(28,33)7/h8-13,26-29,37-38H,14-23H2,1-7H3/t26-,27-,28+,29-,32-,33+,34+,35-/m0/s1. The third-order valence-electron chi connectivity index (χ3n) is 14.0. The van der Waals surface area contributed by atoms with Gasteiger partial charge in [0.2, 0.25) is 0 Å². The molecule has 5 aliphatic rings. The van der Waals surface area contributed by atoms with Crippen LogP contribution in [0.15, 0.2) is 42.0 Å². The summed E-state index contributed by atoms with van der Waals surface area (Å²) in [5.41, 5.74) is 3.35. The molecule has 38 heavy (non-hydrogen) atoms. The minimum Gasteiger partial charge on any atom is -0.393 e. The summed E-state index contributed by atoms with van der Waals surface area (Å²) in [5.74, 6) is 1.61. The van der Waals surface area contributed by atoms with Crippen LogP contribution in [0.2, 0.25) is 0 Å². The Bertz CT molecular complexity index is 1110. The number of allylic oxidation sites excluding steroid dienone is 1. The van der Waals surface area contributed by atoms with E-state index in [4.69, 9.17) is 0 Å². The van der Waals surface area contributed by atoms with Crippen molar-refractivity contribution in [3.63, 3.8) is 0 Å². The minimum absolute atomic E-state index is 0.0125. The lowest BCUT2D eigenvalue weighted by atomic mass is 9.34. The summed E-state index contributed by atoms with van der Waals surface area (Å²) < 4.78 is 0. The van der Waals surface area contributed by atoms with E-state index in [9.17, 15) is 10.3 Å². The van der Waals surface area contributed by atoms with Gasteiger partial charge in [-0.2, -0.15) is 0 Å². The van der Waals surface area contributed by atoms with Gasteiger partial charge in [-0.1, -0.05) is 78.3 Å². The summed E-state index contributed by atoms with van der Waals surface area (Å²) in [6.45, 7) is 17.4. The van der Waals surface area contributed by atoms with Crippen molar-refractivity contribution in [2.75, 3.05) is 5.06 Å². The number of rotatable bonds is 2. The van der Waals surface area contributed by atoms with Crippen molar-refractivity contribution in [2.45, 2.75) is 124 Å². The monoisotopic (exact) mass is 519 g/mol. The van der Waals surface area contributed by atoms with Crippen LogP contribution >= 0.6 is 0 Å². The molecule has 4 fully saturated rings. The first kappa shape index (κ1) is 26.9. The maximum absolute atomic E-state index is 11.9. The van der Waals surface area contributed by atoms with Crippen molar-refractivity contribution < 1.29 is 10.3 Å². The lowest BCUT2D eigenvalue weighted by molar-refractivity contribution is -0.201. The molecule has 0 amide bonds. The van der Waals surface area contributed by atoms with E-state index in [0.29, 0.717) is 17.8 Å². The Morgan fingerprint density at radius 3 is 2.18 bits per heavy atom. The van der Waals surface area contributed by atoms with Crippen molar-refractivity contribution in [1.82, 2.24) is 0 Å². The van der Waals surface area contributed by atoms with Gasteiger partial charge in [0, 0.05) is 5.92 Å². The Kier molecular flexibility index (Phi) is 5.91. The summed E-state index contributed by atoms with van der Waals surface area (Å²) in [7, 11) is 0. The Morgan fingerprint density at radius 1 is 0.789 bits per heavy atom. The fourth-order valence-corrected chi connectivity index (χ4v) is 11.4. The fourth-order valence-electron chi connectivity index (χ4n) is 11.4. The van der Waals surface area contributed by atoms with E-state index in [1.165, 1.54) is 12.8 Å². The van der Waals surface area contributed by atoms with Gasteiger partial charge < -0.3 is 5.11 Å². The predicted molar refractivity (Wildman–Crippen MR) is 156 cm³/mol. The molecule has 0 aliphatic heterocycles. The fraction of sp³-hybridized carbons (Fsp3) is 0.771. The van der Waals surface area contributed by atoms with Crippen LogP contribution in [0.1, 0.15) is 113 Å². The quantitative estimate of drug-likeness (QED) is 0.303. The van der Waals surface area contributed by atoms with Crippen molar-refractivity contribution >= 4 is 5.69 Å². The number of hydroxylamine groups is 1. The van der Waals surface area contributed by atoms with Gasteiger partial charge in [0.05, 0.1) is 17.3 Å². The first-order chi connectivity index (χ1) is 17.7. The highest BCUT2D eigenvalue weighted by atomic mass is 16.5. The number of anilines is 1. The summed E-state index contributed by atoms with van der Waals surface area (Å²) in [5, 5.41) is 24.6. The molecule has 0 aromatic heterocycles. The van der Waals surface area contributed by atoms with E-state index in [2.05, 4.69) is 78.8 Å². The molecular formula is C35H53NO2. The summed E-state index contributed by atoms with van der Waals surface area (Å²) in [4.78, 5) is 0. The smallest absolute Gasteiger partial charge is 0.0737 e. The van der Waals surface area contributed by atoms with Crippen molar-refractivity contribution in [3.05, 3.63) is 42.0 Å².